The SMILES string of the molecule is O=C(C1CC1)N1CCN(Cc2ccnc(Nc3nc4ccc(-c5ccn(CC6CC6)c(=O)c5)cc4[nH]3)c2)CC1. The van der Waals surface area contributed by atoms with Crippen LogP contribution in [0.15, 0.2) is 59.7 Å². The van der Waals surface area contributed by atoms with E-state index in [9.17, 15) is 9.59 Å². The zero-order valence-electron chi connectivity index (χ0n) is 22.0. The number of imidazole rings is 1. The van der Waals surface area contributed by atoms with Crippen LogP contribution < -0.4 is 10.9 Å². The van der Waals surface area contributed by atoms with Gasteiger partial charge in [0.15, 0.2) is 0 Å². The fourth-order valence-corrected chi connectivity index (χ4v) is 5.40. The number of carbonyl (C=O) groups excluding carboxylic acids is 1. The summed E-state index contributed by atoms with van der Waals surface area (Å²) in [5.41, 5.74) is 4.85. The van der Waals surface area contributed by atoms with Crippen molar-refractivity contribution in [1.29, 1.82) is 0 Å². The van der Waals surface area contributed by atoms with Gasteiger partial charge in [0.2, 0.25) is 11.9 Å². The molecule has 200 valence electrons. The Morgan fingerprint density at radius 2 is 1.79 bits per heavy atom. The monoisotopic (exact) mass is 523 g/mol. The lowest BCUT2D eigenvalue weighted by molar-refractivity contribution is -0.134. The third kappa shape index (κ3) is 5.45. The van der Waals surface area contributed by atoms with Gasteiger partial charge in [-0.2, -0.15) is 0 Å². The Kier molecular flexibility index (Phi) is 6.15. The summed E-state index contributed by atoms with van der Waals surface area (Å²) in [5.74, 6) is 2.66. The van der Waals surface area contributed by atoms with Crippen molar-refractivity contribution < 1.29 is 4.79 Å². The van der Waals surface area contributed by atoms with Crippen LogP contribution in [-0.4, -0.2) is 61.4 Å². The first-order chi connectivity index (χ1) is 19.1. The lowest BCUT2D eigenvalue weighted by Gasteiger charge is -2.34. The fraction of sp³-hybridized carbons (Fsp3) is 0.400. The molecule has 3 fully saturated rings. The minimum Gasteiger partial charge on any atom is -0.340 e. The zero-order chi connectivity index (χ0) is 26.3. The Labute approximate surface area is 226 Å². The van der Waals surface area contributed by atoms with E-state index in [1.54, 1.807) is 6.07 Å². The van der Waals surface area contributed by atoms with Gasteiger partial charge in [-0.3, -0.25) is 14.5 Å². The Morgan fingerprint density at radius 1 is 0.974 bits per heavy atom. The second-order valence-electron chi connectivity index (χ2n) is 11.2. The molecule has 4 aromatic rings. The van der Waals surface area contributed by atoms with E-state index in [-0.39, 0.29) is 5.56 Å². The molecular weight excluding hydrogens is 490 g/mol. The van der Waals surface area contributed by atoms with Gasteiger partial charge in [0.25, 0.3) is 5.56 Å². The first-order valence-electron chi connectivity index (χ1n) is 14.0. The molecule has 9 nitrogen and oxygen atoms in total. The van der Waals surface area contributed by atoms with Gasteiger partial charge < -0.3 is 19.8 Å². The number of amides is 1. The van der Waals surface area contributed by atoms with E-state index in [4.69, 9.17) is 0 Å². The molecule has 0 radical (unpaired) electrons. The van der Waals surface area contributed by atoms with E-state index < -0.39 is 0 Å². The Hall–Kier alpha value is -3.98. The minimum atomic E-state index is 0.0473. The number of pyridine rings is 2. The van der Waals surface area contributed by atoms with Crippen LogP contribution >= 0.6 is 0 Å². The molecule has 1 saturated heterocycles. The number of nitrogens with zero attached hydrogens (tertiary/aromatic N) is 5. The molecule has 1 amide bonds. The molecule has 4 heterocycles. The first kappa shape index (κ1) is 24.1. The lowest BCUT2D eigenvalue weighted by atomic mass is 10.1. The highest BCUT2D eigenvalue weighted by Crippen LogP contribution is 2.32. The van der Waals surface area contributed by atoms with Crippen LogP contribution in [0.1, 0.15) is 31.2 Å². The van der Waals surface area contributed by atoms with E-state index in [0.717, 1.165) is 80.1 Å². The van der Waals surface area contributed by atoms with Crippen molar-refractivity contribution in [1.82, 2.24) is 29.3 Å². The number of benzene rings is 1. The van der Waals surface area contributed by atoms with Crippen molar-refractivity contribution in [2.75, 3.05) is 31.5 Å². The van der Waals surface area contributed by atoms with Crippen molar-refractivity contribution in [3.05, 3.63) is 70.8 Å². The van der Waals surface area contributed by atoms with Gasteiger partial charge in [0.05, 0.1) is 11.0 Å². The maximum Gasteiger partial charge on any atom is 0.251 e. The average molecular weight is 524 g/mol. The lowest BCUT2D eigenvalue weighted by Crippen LogP contribution is -2.48. The number of nitrogens with one attached hydrogen (secondary N) is 2. The van der Waals surface area contributed by atoms with Gasteiger partial charge in [-0.05, 0) is 78.6 Å². The molecule has 0 atom stereocenters. The van der Waals surface area contributed by atoms with Crippen molar-refractivity contribution in [2.24, 2.45) is 11.8 Å². The van der Waals surface area contributed by atoms with Crippen LogP contribution in [0.25, 0.3) is 22.2 Å². The summed E-state index contributed by atoms with van der Waals surface area (Å²) in [6, 6.07) is 13.8. The third-order valence-electron chi connectivity index (χ3n) is 8.05. The molecule has 7 rings (SSSR count). The number of piperazine rings is 1. The zero-order valence-corrected chi connectivity index (χ0v) is 22.0. The molecule has 9 heteroatoms. The maximum atomic E-state index is 12.6. The van der Waals surface area contributed by atoms with E-state index in [1.165, 1.54) is 18.4 Å². The molecule has 3 aliphatic rings. The molecule has 2 aliphatic carbocycles. The molecule has 39 heavy (non-hydrogen) atoms. The van der Waals surface area contributed by atoms with Crippen LogP contribution in [-0.2, 0) is 17.9 Å². The van der Waals surface area contributed by atoms with Gasteiger partial charge in [-0.1, -0.05) is 6.07 Å². The van der Waals surface area contributed by atoms with E-state index >= 15 is 0 Å². The Bertz CT molecular complexity index is 1580. The van der Waals surface area contributed by atoms with Crippen LogP contribution in [0, 0.1) is 11.8 Å². The second kappa shape index (κ2) is 9.96. The van der Waals surface area contributed by atoms with Crippen molar-refractivity contribution >= 4 is 28.7 Å². The predicted molar refractivity (Wildman–Crippen MR) is 151 cm³/mol. The van der Waals surface area contributed by atoms with Gasteiger partial charge in [-0.25, -0.2) is 9.97 Å². The first-order valence-corrected chi connectivity index (χ1v) is 14.0. The number of hydrogen-bond acceptors (Lipinski definition) is 6. The van der Waals surface area contributed by atoms with Gasteiger partial charge in [-0.15, -0.1) is 0 Å². The molecule has 1 aliphatic heterocycles. The van der Waals surface area contributed by atoms with Gasteiger partial charge >= 0.3 is 0 Å². The smallest absolute Gasteiger partial charge is 0.251 e. The Balaban J connectivity index is 1.01. The van der Waals surface area contributed by atoms with E-state index in [0.29, 0.717) is 23.7 Å². The molecule has 0 unspecified atom stereocenters. The summed E-state index contributed by atoms with van der Waals surface area (Å²) in [6.07, 6.45) is 8.30. The van der Waals surface area contributed by atoms with Crippen LogP contribution in [0.4, 0.5) is 11.8 Å². The standard InChI is InChI=1S/C30H33N7O2/c38-28-17-24(8-10-37(28)19-20-1-2-20)23-5-6-25-26(16-23)33-30(32-25)34-27-15-21(7-9-31-27)18-35-11-13-36(14-12-35)29(39)22-3-4-22/h5-10,15-17,20,22H,1-4,11-14,18-19H2,(H2,31,32,33,34). The summed E-state index contributed by atoms with van der Waals surface area (Å²) in [5, 5.41) is 3.31. The highest BCUT2D eigenvalue weighted by atomic mass is 16.2. The molecule has 2 N–H and O–H groups in total. The number of anilines is 2. The molecule has 0 bridgehead atoms. The number of rotatable bonds is 8. The molecule has 2 saturated carbocycles. The number of H-pyrrole nitrogens is 1. The van der Waals surface area contributed by atoms with E-state index in [2.05, 4.69) is 31.2 Å². The average Bonchev–Trinajstić information content (AvgIpc) is 3.88. The summed E-state index contributed by atoms with van der Waals surface area (Å²) < 4.78 is 1.81. The van der Waals surface area contributed by atoms with Crippen molar-refractivity contribution in [2.45, 2.75) is 38.8 Å². The van der Waals surface area contributed by atoms with Crippen LogP contribution in [0.3, 0.4) is 0 Å². The highest BCUT2D eigenvalue weighted by molar-refractivity contribution is 5.84. The van der Waals surface area contributed by atoms with Crippen molar-refractivity contribution in [3.8, 4) is 11.1 Å². The normalized spacial score (nSPS) is 18.0. The van der Waals surface area contributed by atoms with E-state index in [1.807, 2.05) is 52.2 Å². The maximum absolute atomic E-state index is 12.6. The topological polar surface area (TPSA) is 99.2 Å². The number of hydrogen-bond donors (Lipinski definition) is 2. The predicted octanol–water partition coefficient (Wildman–Crippen LogP) is 3.99. The summed E-state index contributed by atoms with van der Waals surface area (Å²) >= 11 is 0. The quantitative estimate of drug-likeness (QED) is 0.362. The minimum absolute atomic E-state index is 0.0473. The van der Waals surface area contributed by atoms with Gasteiger partial charge in [0, 0.05) is 63.6 Å². The molecule has 3 aromatic heterocycles. The number of carbonyl (C=O) groups is 1. The molecule has 0 spiro atoms. The number of aromatic amines is 1. The summed E-state index contributed by atoms with van der Waals surface area (Å²) in [7, 11) is 0. The Morgan fingerprint density at radius 3 is 2.56 bits per heavy atom. The highest BCUT2D eigenvalue weighted by Gasteiger charge is 2.34. The fourth-order valence-electron chi connectivity index (χ4n) is 5.40. The number of aromatic nitrogens is 4. The largest absolute Gasteiger partial charge is 0.340 e. The van der Waals surface area contributed by atoms with Crippen LogP contribution in [0.5, 0.6) is 0 Å². The third-order valence-corrected chi connectivity index (χ3v) is 8.05. The van der Waals surface area contributed by atoms with Gasteiger partial charge in [0.1, 0.15) is 5.82 Å². The summed E-state index contributed by atoms with van der Waals surface area (Å²) in [6.45, 7) is 5.06. The molecule has 1 aromatic carbocycles. The van der Waals surface area contributed by atoms with Crippen LogP contribution in [0.2, 0.25) is 0 Å². The summed E-state index contributed by atoms with van der Waals surface area (Å²) in [4.78, 5) is 41.8. The second-order valence-corrected chi connectivity index (χ2v) is 11.2. The molecular formula is C30H33N7O2. The van der Waals surface area contributed by atoms with Crippen molar-refractivity contribution in [3.63, 3.8) is 0 Å². The number of fused-ring (bicyclic) bond motifs is 1.